The van der Waals surface area contributed by atoms with Crippen molar-refractivity contribution in [1.29, 1.82) is 0 Å². The minimum atomic E-state index is -5.42. The van der Waals surface area contributed by atoms with Crippen LogP contribution in [0, 0.1) is 0 Å². The molecule has 43 heavy (non-hydrogen) atoms. The molecule has 6 aromatic rings. The van der Waals surface area contributed by atoms with Crippen LogP contribution in [0.2, 0.25) is 0 Å². The fourth-order valence-corrected chi connectivity index (χ4v) is 5.21. The second-order valence-electron chi connectivity index (χ2n) is 9.29. The molecule has 11 heteroatoms. The van der Waals surface area contributed by atoms with Gasteiger partial charge in [-0.25, -0.2) is 15.0 Å². The molecular formula is C32H20F3N3O4S. The molecule has 7 nitrogen and oxygen atoms in total. The minimum absolute atomic E-state index is 0.288. The quantitative estimate of drug-likeness (QED) is 0.185. The zero-order valence-electron chi connectivity index (χ0n) is 22.1. The van der Waals surface area contributed by atoms with Crippen molar-refractivity contribution < 1.29 is 30.0 Å². The van der Waals surface area contributed by atoms with Crippen molar-refractivity contribution in [2.75, 3.05) is 0 Å². The number of hydrogen-bond donors (Lipinski definition) is 0. The van der Waals surface area contributed by atoms with Gasteiger partial charge in [-0.05, 0) is 28.6 Å². The summed E-state index contributed by atoms with van der Waals surface area (Å²) in [5.74, 6) is 1.23. The first-order valence-electron chi connectivity index (χ1n) is 12.9. The number of aromatic nitrogens is 3. The highest BCUT2D eigenvalue weighted by atomic mass is 32.3. The van der Waals surface area contributed by atoms with Crippen molar-refractivity contribution in [3.63, 3.8) is 0 Å². The lowest BCUT2D eigenvalue weighted by atomic mass is 9.97. The Morgan fingerprint density at radius 2 is 0.953 bits per heavy atom. The third kappa shape index (κ3) is 6.37. The van der Waals surface area contributed by atoms with Crippen LogP contribution in [0.1, 0.15) is 0 Å². The van der Waals surface area contributed by atoms with Crippen molar-refractivity contribution in [3.8, 4) is 51.0 Å². The highest BCUT2D eigenvalue weighted by Gasteiger charge is 2.38. The van der Waals surface area contributed by atoms with Crippen LogP contribution in [0.5, 0.6) is 5.75 Å². The molecule has 0 unspecified atom stereocenters. The zero-order chi connectivity index (χ0) is 30.0. The van der Waals surface area contributed by atoms with Crippen LogP contribution < -0.4 is 4.18 Å². The minimum Gasteiger partial charge on any atom is -0.361 e. The van der Waals surface area contributed by atoms with E-state index >= 15 is 0 Å². The standard InChI is InChI=1S/C32H20F3N3O4S/c33-32(34,35)42-43(39,40)41-28-20-19-25(26-13-7-8-14-27(26)28)21-15-17-24(18-16-21)31-37-29(22-9-3-1-4-10-22)36-30(38-31)23-11-5-2-6-12-23/h1-20H. The van der Waals surface area contributed by atoms with Gasteiger partial charge in [-0.1, -0.05) is 109 Å². The van der Waals surface area contributed by atoms with Gasteiger partial charge in [-0.2, -0.15) is 8.42 Å². The van der Waals surface area contributed by atoms with Gasteiger partial charge in [0.1, 0.15) is 0 Å². The van der Waals surface area contributed by atoms with Crippen molar-refractivity contribution in [1.82, 2.24) is 15.0 Å². The second kappa shape index (κ2) is 11.3. The molecule has 0 aliphatic heterocycles. The smallest absolute Gasteiger partial charge is 0.361 e. The molecule has 0 saturated heterocycles. The van der Waals surface area contributed by atoms with Crippen LogP contribution in [-0.2, 0) is 14.6 Å². The molecule has 0 amide bonds. The molecule has 214 valence electrons. The van der Waals surface area contributed by atoms with Gasteiger partial charge in [0.15, 0.2) is 23.2 Å². The molecule has 6 rings (SSSR count). The average Bonchev–Trinajstić information content (AvgIpc) is 3.01. The van der Waals surface area contributed by atoms with E-state index in [2.05, 4.69) is 8.37 Å². The third-order valence-corrected chi connectivity index (χ3v) is 7.20. The van der Waals surface area contributed by atoms with Crippen molar-refractivity contribution in [2.24, 2.45) is 0 Å². The van der Waals surface area contributed by atoms with E-state index in [1.807, 2.05) is 84.9 Å². The van der Waals surface area contributed by atoms with Gasteiger partial charge in [0.2, 0.25) is 0 Å². The van der Waals surface area contributed by atoms with E-state index in [0.717, 1.165) is 22.3 Å². The molecule has 0 N–H and O–H groups in total. The van der Waals surface area contributed by atoms with Crippen LogP contribution in [0.25, 0.3) is 56.1 Å². The topological polar surface area (TPSA) is 91.3 Å². The highest BCUT2D eigenvalue weighted by molar-refractivity contribution is 7.82. The maximum atomic E-state index is 12.5. The third-order valence-electron chi connectivity index (χ3n) is 6.43. The van der Waals surface area contributed by atoms with E-state index in [4.69, 9.17) is 15.0 Å². The lowest BCUT2D eigenvalue weighted by molar-refractivity contribution is -0.274. The SMILES string of the molecule is O=S(=O)(Oc1ccc(-c2ccc(-c3nc(-c4ccccc4)nc(-c4ccccc4)n3)cc2)c2ccccc12)OC(F)(F)F. The molecule has 0 fully saturated rings. The van der Waals surface area contributed by atoms with E-state index in [1.54, 1.807) is 30.3 Å². The Morgan fingerprint density at radius 1 is 0.512 bits per heavy atom. The summed E-state index contributed by atoms with van der Waals surface area (Å²) < 4.78 is 69.1. The van der Waals surface area contributed by atoms with Crippen molar-refractivity contribution in [2.45, 2.75) is 6.36 Å². The molecule has 0 atom stereocenters. The van der Waals surface area contributed by atoms with Gasteiger partial charge in [-0.3, -0.25) is 0 Å². The first-order chi connectivity index (χ1) is 20.7. The molecule has 0 saturated carbocycles. The maximum Gasteiger partial charge on any atom is 0.539 e. The summed E-state index contributed by atoms with van der Waals surface area (Å²) in [6, 6.07) is 36.1. The lowest BCUT2D eigenvalue weighted by Crippen LogP contribution is -2.23. The van der Waals surface area contributed by atoms with E-state index in [0.29, 0.717) is 28.4 Å². The molecular weight excluding hydrogens is 579 g/mol. The molecule has 1 heterocycles. The lowest BCUT2D eigenvalue weighted by Gasteiger charge is -2.13. The molecule has 0 aliphatic carbocycles. The normalized spacial score (nSPS) is 11.9. The van der Waals surface area contributed by atoms with E-state index < -0.39 is 16.8 Å². The number of rotatable bonds is 7. The highest BCUT2D eigenvalue weighted by Crippen LogP contribution is 2.36. The van der Waals surface area contributed by atoms with E-state index in [-0.39, 0.29) is 11.1 Å². The van der Waals surface area contributed by atoms with Crippen LogP contribution in [0.4, 0.5) is 13.2 Å². The molecule has 0 aliphatic rings. The van der Waals surface area contributed by atoms with Gasteiger partial charge >= 0.3 is 16.8 Å². The van der Waals surface area contributed by atoms with Crippen molar-refractivity contribution >= 4 is 21.2 Å². The molecule has 1 aromatic heterocycles. The van der Waals surface area contributed by atoms with Crippen LogP contribution in [0.3, 0.4) is 0 Å². The summed E-state index contributed by atoms with van der Waals surface area (Å²) >= 11 is 0. The fourth-order valence-electron chi connectivity index (χ4n) is 4.58. The van der Waals surface area contributed by atoms with Crippen LogP contribution in [-0.4, -0.2) is 29.7 Å². The number of halogens is 3. The number of fused-ring (bicyclic) bond motifs is 1. The summed E-state index contributed by atoms with van der Waals surface area (Å²) in [6.07, 6.45) is -5.42. The van der Waals surface area contributed by atoms with Gasteiger partial charge in [-0.15, -0.1) is 17.4 Å². The Morgan fingerprint density at radius 3 is 1.47 bits per heavy atom. The number of benzene rings is 5. The van der Waals surface area contributed by atoms with Gasteiger partial charge < -0.3 is 4.18 Å². The summed E-state index contributed by atoms with van der Waals surface area (Å²) in [7, 11) is -5.39. The predicted octanol–water partition coefficient (Wildman–Crippen LogP) is 7.85. The predicted molar refractivity (Wildman–Crippen MR) is 156 cm³/mol. The number of hydrogen-bond acceptors (Lipinski definition) is 7. The Labute approximate surface area is 244 Å². The summed E-state index contributed by atoms with van der Waals surface area (Å²) in [5.41, 5.74) is 3.89. The molecule has 0 bridgehead atoms. The monoisotopic (exact) mass is 599 g/mol. The Kier molecular flexibility index (Phi) is 7.34. The van der Waals surface area contributed by atoms with E-state index in [1.165, 1.54) is 6.07 Å². The molecule has 0 radical (unpaired) electrons. The number of nitrogens with zero attached hydrogens (tertiary/aromatic N) is 3. The second-order valence-corrected chi connectivity index (χ2v) is 10.4. The molecule has 0 spiro atoms. The van der Waals surface area contributed by atoms with Gasteiger partial charge in [0, 0.05) is 22.1 Å². The first-order valence-corrected chi connectivity index (χ1v) is 14.2. The Bertz CT molecular complexity index is 1960. The summed E-state index contributed by atoms with van der Waals surface area (Å²) in [4.78, 5) is 14.2. The van der Waals surface area contributed by atoms with Crippen LogP contribution >= 0.6 is 0 Å². The molecule has 5 aromatic carbocycles. The van der Waals surface area contributed by atoms with E-state index in [9.17, 15) is 21.6 Å². The average molecular weight is 600 g/mol. The largest absolute Gasteiger partial charge is 0.539 e. The van der Waals surface area contributed by atoms with Crippen LogP contribution in [0.15, 0.2) is 121 Å². The number of alkyl halides is 3. The van der Waals surface area contributed by atoms with Crippen molar-refractivity contribution in [3.05, 3.63) is 121 Å². The summed E-state index contributed by atoms with van der Waals surface area (Å²) in [6.45, 7) is 0. The first kappa shape index (κ1) is 28.0. The fraction of sp³-hybridized carbons (Fsp3) is 0.0312. The van der Waals surface area contributed by atoms with Gasteiger partial charge in [0.05, 0.1) is 0 Å². The zero-order valence-corrected chi connectivity index (χ0v) is 22.9. The Balaban J connectivity index is 1.38. The maximum absolute atomic E-state index is 12.5. The summed E-state index contributed by atoms with van der Waals surface area (Å²) in [5, 5.41) is 0.851. The Hall–Kier alpha value is -5.13. The van der Waals surface area contributed by atoms with Gasteiger partial charge in [0.25, 0.3) is 0 Å².